The first kappa shape index (κ1) is 17.5. The number of aromatic nitrogens is 3. The van der Waals surface area contributed by atoms with Crippen LogP contribution in [-0.2, 0) is 0 Å². The zero-order valence-corrected chi connectivity index (χ0v) is 14.2. The van der Waals surface area contributed by atoms with Crippen molar-refractivity contribution in [3.8, 4) is 11.9 Å². The highest BCUT2D eigenvalue weighted by atomic mass is 16.5. The van der Waals surface area contributed by atoms with Crippen molar-refractivity contribution in [1.82, 2.24) is 19.9 Å². The van der Waals surface area contributed by atoms with E-state index in [4.69, 9.17) is 9.47 Å². The second-order valence-corrected chi connectivity index (χ2v) is 5.00. The number of pyridine rings is 1. The van der Waals surface area contributed by atoms with Crippen LogP contribution in [0.4, 0.5) is 11.6 Å². The predicted octanol–water partition coefficient (Wildman–Crippen LogP) is 2.11. The Bertz CT molecular complexity index is 664. The molecule has 0 saturated carbocycles. The highest BCUT2D eigenvalue weighted by molar-refractivity contribution is 5.93. The van der Waals surface area contributed by atoms with Crippen LogP contribution in [-0.4, -0.2) is 53.1 Å². The summed E-state index contributed by atoms with van der Waals surface area (Å²) in [6.45, 7) is 4.67. The molecule has 0 aromatic carbocycles. The molecule has 0 saturated heterocycles. The van der Waals surface area contributed by atoms with Crippen LogP contribution in [0.25, 0.3) is 0 Å². The van der Waals surface area contributed by atoms with E-state index in [0.717, 1.165) is 0 Å². The van der Waals surface area contributed by atoms with Crippen LogP contribution in [0.2, 0.25) is 0 Å². The second kappa shape index (κ2) is 8.09. The Labute approximate surface area is 140 Å². The minimum Gasteiger partial charge on any atom is -0.478 e. The van der Waals surface area contributed by atoms with Gasteiger partial charge in [-0.15, -0.1) is 0 Å². The average molecular weight is 331 g/mol. The number of anilines is 2. The molecule has 0 unspecified atom stereocenters. The van der Waals surface area contributed by atoms with Crippen molar-refractivity contribution in [1.29, 1.82) is 0 Å². The minimum atomic E-state index is -0.103. The summed E-state index contributed by atoms with van der Waals surface area (Å²) in [5.74, 6) is 1.36. The molecule has 8 nitrogen and oxygen atoms in total. The summed E-state index contributed by atoms with van der Waals surface area (Å²) in [5.41, 5.74) is 0.512. The molecule has 2 heterocycles. The molecule has 0 radical (unpaired) electrons. The lowest BCUT2D eigenvalue weighted by atomic mass is 10.2. The highest BCUT2D eigenvalue weighted by Gasteiger charge is 2.10. The van der Waals surface area contributed by atoms with E-state index >= 15 is 0 Å². The van der Waals surface area contributed by atoms with Gasteiger partial charge in [0.15, 0.2) is 0 Å². The van der Waals surface area contributed by atoms with Crippen molar-refractivity contribution < 1.29 is 14.3 Å². The van der Waals surface area contributed by atoms with Crippen LogP contribution in [0.1, 0.15) is 24.2 Å². The molecule has 8 heteroatoms. The average Bonchev–Trinajstić information content (AvgIpc) is 2.55. The monoisotopic (exact) mass is 331 g/mol. The van der Waals surface area contributed by atoms with E-state index in [9.17, 15) is 4.79 Å². The van der Waals surface area contributed by atoms with Crippen molar-refractivity contribution in [2.75, 3.05) is 32.6 Å². The van der Waals surface area contributed by atoms with Gasteiger partial charge in [-0.25, -0.2) is 4.98 Å². The molecule has 0 aliphatic carbocycles. The maximum atomic E-state index is 11.9. The normalized spacial score (nSPS) is 10.2. The van der Waals surface area contributed by atoms with Crippen LogP contribution in [0.5, 0.6) is 11.9 Å². The fraction of sp³-hybridized carbons (Fsp3) is 0.375. The van der Waals surface area contributed by atoms with Gasteiger partial charge in [-0.3, -0.25) is 4.79 Å². The lowest BCUT2D eigenvalue weighted by molar-refractivity contribution is 0.0827. The van der Waals surface area contributed by atoms with Gasteiger partial charge in [0, 0.05) is 26.4 Å². The summed E-state index contributed by atoms with van der Waals surface area (Å²) in [7, 11) is 3.39. The van der Waals surface area contributed by atoms with Gasteiger partial charge in [-0.2, -0.15) is 9.97 Å². The highest BCUT2D eigenvalue weighted by Crippen LogP contribution is 2.20. The third kappa shape index (κ3) is 4.55. The second-order valence-electron chi connectivity index (χ2n) is 5.00. The smallest absolute Gasteiger partial charge is 0.321 e. The van der Waals surface area contributed by atoms with Gasteiger partial charge in [0.1, 0.15) is 11.6 Å². The summed E-state index contributed by atoms with van der Waals surface area (Å²) in [6.07, 6.45) is 1.51. The molecular weight excluding hydrogens is 310 g/mol. The quantitative estimate of drug-likeness (QED) is 0.831. The molecule has 1 N–H and O–H groups in total. The van der Waals surface area contributed by atoms with Crippen molar-refractivity contribution in [2.24, 2.45) is 0 Å². The molecular formula is C16H21N5O3. The Morgan fingerprint density at radius 2 is 1.88 bits per heavy atom. The van der Waals surface area contributed by atoms with Crippen molar-refractivity contribution >= 4 is 17.5 Å². The maximum Gasteiger partial charge on any atom is 0.321 e. The van der Waals surface area contributed by atoms with Gasteiger partial charge in [0.2, 0.25) is 5.88 Å². The molecule has 0 spiro atoms. The molecule has 0 atom stereocenters. The van der Waals surface area contributed by atoms with Crippen LogP contribution in [0.3, 0.4) is 0 Å². The fourth-order valence-electron chi connectivity index (χ4n) is 1.87. The first-order valence-electron chi connectivity index (χ1n) is 7.62. The summed E-state index contributed by atoms with van der Waals surface area (Å²) in [4.78, 5) is 26.0. The van der Waals surface area contributed by atoms with Gasteiger partial charge in [-0.1, -0.05) is 0 Å². The zero-order chi connectivity index (χ0) is 17.5. The Hall–Kier alpha value is -2.90. The number of amides is 1. The Morgan fingerprint density at radius 3 is 2.46 bits per heavy atom. The van der Waals surface area contributed by atoms with Crippen LogP contribution >= 0.6 is 0 Å². The van der Waals surface area contributed by atoms with Crippen molar-refractivity contribution in [3.05, 3.63) is 30.0 Å². The largest absolute Gasteiger partial charge is 0.478 e. The SMILES string of the molecule is CCOc1cc(Nc2ccc(C(=O)N(C)C)cn2)nc(OCC)n1. The van der Waals surface area contributed by atoms with Gasteiger partial charge in [0.25, 0.3) is 5.91 Å². The Morgan fingerprint density at radius 1 is 1.12 bits per heavy atom. The molecule has 2 aromatic rings. The number of nitrogens with one attached hydrogen (secondary N) is 1. The molecule has 0 bridgehead atoms. The summed E-state index contributed by atoms with van der Waals surface area (Å²) >= 11 is 0. The summed E-state index contributed by atoms with van der Waals surface area (Å²) in [5, 5.41) is 3.05. The Balaban J connectivity index is 2.19. The van der Waals surface area contributed by atoms with Crippen LogP contribution in [0.15, 0.2) is 24.4 Å². The first-order chi connectivity index (χ1) is 11.5. The van der Waals surface area contributed by atoms with E-state index in [1.165, 1.54) is 11.1 Å². The van der Waals surface area contributed by atoms with E-state index in [-0.39, 0.29) is 11.9 Å². The number of rotatable bonds is 7. The summed E-state index contributed by atoms with van der Waals surface area (Å²) in [6, 6.07) is 5.29. The fourth-order valence-corrected chi connectivity index (χ4v) is 1.87. The van der Waals surface area contributed by atoms with Gasteiger partial charge in [0.05, 0.1) is 18.8 Å². The molecule has 24 heavy (non-hydrogen) atoms. The minimum absolute atomic E-state index is 0.103. The van der Waals surface area contributed by atoms with Crippen molar-refractivity contribution in [2.45, 2.75) is 13.8 Å². The molecule has 2 rings (SSSR count). The third-order valence-corrected chi connectivity index (χ3v) is 2.92. The van der Waals surface area contributed by atoms with Crippen LogP contribution in [0, 0.1) is 0 Å². The topological polar surface area (TPSA) is 89.5 Å². The molecule has 0 aliphatic heterocycles. The number of nitrogens with zero attached hydrogens (tertiary/aromatic N) is 4. The standard InChI is InChI=1S/C16H21N5O3/c1-5-23-14-9-13(19-16(20-14)24-6-2)18-12-8-7-11(10-17-12)15(22)21(3)4/h7-10H,5-6H2,1-4H3,(H,17,18,19,20). The Kier molecular flexibility index (Phi) is 5.89. The van der Waals surface area contributed by atoms with E-state index in [1.54, 1.807) is 32.3 Å². The van der Waals surface area contributed by atoms with E-state index in [1.807, 2.05) is 13.8 Å². The molecule has 1 amide bonds. The lowest BCUT2D eigenvalue weighted by Gasteiger charge is -2.11. The van der Waals surface area contributed by atoms with Gasteiger partial charge < -0.3 is 19.7 Å². The zero-order valence-electron chi connectivity index (χ0n) is 14.2. The maximum absolute atomic E-state index is 11.9. The number of carbonyl (C=O) groups is 1. The molecule has 0 aliphatic rings. The van der Waals surface area contributed by atoms with E-state index in [0.29, 0.717) is 36.3 Å². The lowest BCUT2D eigenvalue weighted by Crippen LogP contribution is -2.21. The molecule has 0 fully saturated rings. The van der Waals surface area contributed by atoms with Crippen molar-refractivity contribution in [3.63, 3.8) is 0 Å². The number of ether oxygens (including phenoxy) is 2. The molecule has 2 aromatic heterocycles. The van der Waals surface area contributed by atoms with Crippen LogP contribution < -0.4 is 14.8 Å². The van der Waals surface area contributed by atoms with E-state index < -0.39 is 0 Å². The third-order valence-electron chi connectivity index (χ3n) is 2.92. The predicted molar refractivity (Wildman–Crippen MR) is 89.9 cm³/mol. The molecule has 128 valence electrons. The number of carbonyl (C=O) groups excluding carboxylic acids is 1. The number of hydrogen-bond acceptors (Lipinski definition) is 7. The van der Waals surface area contributed by atoms with Gasteiger partial charge in [-0.05, 0) is 26.0 Å². The van der Waals surface area contributed by atoms with E-state index in [2.05, 4.69) is 20.3 Å². The number of hydrogen-bond donors (Lipinski definition) is 1. The first-order valence-corrected chi connectivity index (χ1v) is 7.62. The summed E-state index contributed by atoms with van der Waals surface area (Å²) < 4.78 is 10.7. The van der Waals surface area contributed by atoms with Gasteiger partial charge >= 0.3 is 6.01 Å².